The minimum Gasteiger partial charge on any atom is -0.244 e. The molecule has 0 unspecified atom stereocenters. The topological polar surface area (TPSA) is 20.3 Å². The normalized spacial score (nSPS) is 14.8. The van der Waals surface area contributed by atoms with Gasteiger partial charge in [-0.3, -0.25) is 0 Å². The lowest BCUT2D eigenvalue weighted by Crippen LogP contribution is -2.03. The van der Waals surface area contributed by atoms with Gasteiger partial charge in [0.25, 0.3) is 0 Å². The monoisotopic (exact) mass is 219 g/mol. The molecule has 2 nitrogen and oxygen atoms in total. The Hall–Kier alpha value is -0.470. The molecule has 1 aromatic heterocycles. The summed E-state index contributed by atoms with van der Waals surface area (Å²) in [5, 5.41) is 2.40. The molecule has 0 amide bonds. The molecule has 5 heteroatoms. The van der Waals surface area contributed by atoms with E-state index in [1.54, 1.807) is 5.94 Å². The van der Waals surface area contributed by atoms with Gasteiger partial charge in [-0.1, -0.05) is 11.6 Å². The third kappa shape index (κ3) is 0.985. The summed E-state index contributed by atoms with van der Waals surface area (Å²) >= 11 is 13.2. The molecule has 0 N–H and O–H groups in total. The van der Waals surface area contributed by atoms with Crippen LogP contribution in [0, 0.1) is 0 Å². The zero-order valence-electron chi connectivity index (χ0n) is 5.80. The fourth-order valence-electron chi connectivity index (χ4n) is 1.13. The molecule has 0 fully saturated rings. The van der Waals surface area contributed by atoms with Crippen molar-refractivity contribution in [3.63, 3.8) is 0 Å². The fourth-order valence-corrected chi connectivity index (χ4v) is 2.79. The lowest BCUT2D eigenvalue weighted by atomic mass is 10.3. The third-order valence-corrected chi connectivity index (χ3v) is 3.44. The predicted molar refractivity (Wildman–Crippen MR) is 50.6 cm³/mol. The van der Waals surface area contributed by atoms with Gasteiger partial charge in [0.15, 0.2) is 0 Å². The summed E-state index contributed by atoms with van der Waals surface area (Å²) in [5.74, 6) is 1.78. The van der Waals surface area contributed by atoms with Crippen LogP contribution in [0.5, 0.6) is 0 Å². The van der Waals surface area contributed by atoms with E-state index < -0.39 is 0 Å². The molecule has 0 aliphatic carbocycles. The van der Waals surface area contributed by atoms with Crippen molar-refractivity contribution in [1.82, 2.24) is 0 Å². The van der Waals surface area contributed by atoms with Crippen LogP contribution in [0.2, 0.25) is 5.02 Å². The van der Waals surface area contributed by atoms with Crippen molar-refractivity contribution in [3.05, 3.63) is 21.0 Å². The van der Waals surface area contributed by atoms with Crippen LogP contribution in [0.1, 0.15) is 4.88 Å². The van der Waals surface area contributed by atoms with Gasteiger partial charge < -0.3 is 0 Å². The fraction of sp³-hybridized carbons (Fsp3) is 0.143. The van der Waals surface area contributed by atoms with Crippen LogP contribution in [0.25, 0.3) is 0 Å². The summed E-state index contributed by atoms with van der Waals surface area (Å²) < 4.78 is 1.28. The van der Waals surface area contributed by atoms with E-state index in [4.69, 9.17) is 23.4 Å². The lowest BCUT2D eigenvalue weighted by molar-refractivity contribution is 0.566. The molecule has 0 saturated heterocycles. The van der Waals surface area contributed by atoms with E-state index in [2.05, 4.69) is 0 Å². The standard InChI is InChI=1S/C7H3Cl2NOS/c8-5-3-12-6-1-4(2-11)10(9)7(5)6/h3H,1H2. The van der Waals surface area contributed by atoms with Gasteiger partial charge in [0.2, 0.25) is 0 Å². The summed E-state index contributed by atoms with van der Waals surface area (Å²) in [6.07, 6.45) is 0.541. The predicted octanol–water partition coefficient (Wildman–Crippen LogP) is 2.63. The summed E-state index contributed by atoms with van der Waals surface area (Å²) in [6.45, 7) is 0. The zero-order valence-corrected chi connectivity index (χ0v) is 8.13. The van der Waals surface area contributed by atoms with Crippen molar-refractivity contribution in [2.24, 2.45) is 0 Å². The first-order chi connectivity index (χ1) is 5.74. The number of rotatable bonds is 0. The molecule has 1 aliphatic rings. The first-order valence-corrected chi connectivity index (χ1v) is 4.79. The van der Waals surface area contributed by atoms with Crippen molar-refractivity contribution in [1.29, 1.82) is 0 Å². The smallest absolute Gasteiger partial charge is 0.147 e. The van der Waals surface area contributed by atoms with Crippen molar-refractivity contribution >= 4 is 46.3 Å². The van der Waals surface area contributed by atoms with Gasteiger partial charge in [0.1, 0.15) is 11.6 Å². The first-order valence-electron chi connectivity index (χ1n) is 3.19. The molecular formula is C7H3Cl2NOS. The van der Waals surface area contributed by atoms with Crippen molar-refractivity contribution in [2.45, 2.75) is 6.42 Å². The summed E-state index contributed by atoms with van der Waals surface area (Å²) in [6, 6.07) is 0. The SMILES string of the molecule is O=C=C1Cc2scc(Cl)c2N1Cl. The van der Waals surface area contributed by atoms with Crippen LogP contribution in [0.4, 0.5) is 5.69 Å². The van der Waals surface area contributed by atoms with E-state index in [0.717, 1.165) is 10.6 Å². The number of hydrogen-bond donors (Lipinski definition) is 0. The largest absolute Gasteiger partial charge is 0.244 e. The van der Waals surface area contributed by atoms with E-state index in [9.17, 15) is 4.79 Å². The number of hydrogen-bond acceptors (Lipinski definition) is 3. The molecule has 62 valence electrons. The average Bonchev–Trinajstić information content (AvgIpc) is 2.55. The minimum atomic E-state index is 0.431. The second kappa shape index (κ2) is 2.79. The average molecular weight is 220 g/mol. The molecule has 0 radical (unpaired) electrons. The number of allylic oxidation sites excluding steroid dienone is 1. The molecular weight excluding hydrogens is 217 g/mol. The number of thiophene rings is 1. The highest BCUT2D eigenvalue weighted by atomic mass is 35.5. The first kappa shape index (κ1) is 8.14. The number of fused-ring (bicyclic) bond motifs is 1. The summed E-state index contributed by atoms with van der Waals surface area (Å²) in [5.41, 5.74) is 1.17. The Balaban J connectivity index is 2.57. The van der Waals surface area contributed by atoms with E-state index in [1.165, 1.54) is 15.8 Å². The van der Waals surface area contributed by atoms with Crippen LogP contribution >= 0.6 is 34.7 Å². The maximum Gasteiger partial charge on any atom is 0.147 e. The molecule has 0 bridgehead atoms. The number of carbonyl (C=O) groups excluding carboxylic acids is 1. The van der Waals surface area contributed by atoms with Crippen LogP contribution in [-0.2, 0) is 11.2 Å². The Kier molecular flexibility index (Phi) is 1.89. The second-order valence-electron chi connectivity index (χ2n) is 2.36. The molecule has 0 saturated carbocycles. The lowest BCUT2D eigenvalue weighted by Gasteiger charge is -2.06. The highest BCUT2D eigenvalue weighted by Crippen LogP contribution is 2.44. The zero-order chi connectivity index (χ0) is 8.72. The second-order valence-corrected chi connectivity index (χ2v) is 4.07. The highest BCUT2D eigenvalue weighted by molar-refractivity contribution is 7.11. The molecule has 2 heterocycles. The Bertz CT molecular complexity index is 381. The molecule has 12 heavy (non-hydrogen) atoms. The molecule has 2 rings (SSSR count). The van der Waals surface area contributed by atoms with Gasteiger partial charge in [-0.25, -0.2) is 9.21 Å². The Morgan fingerprint density at radius 3 is 3.00 bits per heavy atom. The number of nitrogens with zero attached hydrogens (tertiary/aromatic N) is 1. The Labute approximate surface area is 83.1 Å². The van der Waals surface area contributed by atoms with E-state index >= 15 is 0 Å². The molecule has 0 aromatic carbocycles. The molecule has 1 aliphatic heterocycles. The van der Waals surface area contributed by atoms with Crippen molar-refractivity contribution < 1.29 is 4.79 Å². The third-order valence-electron chi connectivity index (χ3n) is 1.67. The van der Waals surface area contributed by atoms with Crippen molar-refractivity contribution in [3.8, 4) is 0 Å². The van der Waals surface area contributed by atoms with Crippen LogP contribution in [-0.4, -0.2) is 5.94 Å². The highest BCUT2D eigenvalue weighted by Gasteiger charge is 2.28. The van der Waals surface area contributed by atoms with Crippen LogP contribution < -0.4 is 4.42 Å². The molecule has 0 atom stereocenters. The van der Waals surface area contributed by atoms with Gasteiger partial charge in [-0.15, -0.1) is 11.3 Å². The Morgan fingerprint density at radius 2 is 2.42 bits per heavy atom. The maximum atomic E-state index is 10.4. The number of anilines is 1. The summed E-state index contributed by atoms with van der Waals surface area (Å²) in [7, 11) is 0. The van der Waals surface area contributed by atoms with Gasteiger partial charge >= 0.3 is 0 Å². The Morgan fingerprint density at radius 1 is 1.67 bits per heavy atom. The van der Waals surface area contributed by atoms with E-state index in [0.29, 0.717) is 17.1 Å². The van der Waals surface area contributed by atoms with E-state index in [-0.39, 0.29) is 0 Å². The van der Waals surface area contributed by atoms with Gasteiger partial charge in [0, 0.05) is 28.5 Å². The summed E-state index contributed by atoms with van der Waals surface area (Å²) in [4.78, 5) is 11.4. The van der Waals surface area contributed by atoms with Crippen LogP contribution in [0.15, 0.2) is 11.1 Å². The number of halogens is 2. The van der Waals surface area contributed by atoms with Crippen molar-refractivity contribution in [2.75, 3.05) is 4.42 Å². The van der Waals surface area contributed by atoms with Gasteiger partial charge in [-0.05, 0) is 0 Å². The molecule has 1 aromatic rings. The van der Waals surface area contributed by atoms with Gasteiger partial charge in [0.05, 0.1) is 10.7 Å². The maximum absolute atomic E-state index is 10.4. The van der Waals surface area contributed by atoms with E-state index in [1.807, 2.05) is 5.38 Å². The minimum absolute atomic E-state index is 0.431. The van der Waals surface area contributed by atoms with Crippen LogP contribution in [0.3, 0.4) is 0 Å². The molecule has 0 spiro atoms. The van der Waals surface area contributed by atoms with Gasteiger partial charge in [-0.2, -0.15) is 0 Å². The quantitative estimate of drug-likeness (QED) is 0.494.